The maximum absolute atomic E-state index is 11.8. The van der Waals surface area contributed by atoms with Crippen molar-refractivity contribution in [2.24, 2.45) is 0 Å². The molecule has 2 aliphatic heterocycles. The van der Waals surface area contributed by atoms with Crippen LogP contribution in [-0.4, -0.2) is 116 Å². The highest BCUT2D eigenvalue weighted by Crippen LogP contribution is 2.29. The van der Waals surface area contributed by atoms with Crippen LogP contribution in [0.25, 0.3) is 0 Å². The molecule has 0 aromatic carbocycles. The Kier molecular flexibility index (Phi) is 7.87. The maximum atomic E-state index is 11.8. The molecule has 162 valence electrons. The Bertz CT molecular complexity index is 554. The number of rotatable bonds is 6. The van der Waals surface area contributed by atoms with Gasteiger partial charge in [0.15, 0.2) is 18.7 Å². The van der Waals surface area contributed by atoms with Gasteiger partial charge in [-0.05, 0) is 6.92 Å². The van der Waals surface area contributed by atoms with E-state index >= 15 is 0 Å². The minimum absolute atomic E-state index is 0.00235. The summed E-state index contributed by atoms with van der Waals surface area (Å²) in [5.74, 6) is -0.909. The van der Waals surface area contributed by atoms with Crippen LogP contribution < -0.4 is 0 Å². The third-order valence-corrected chi connectivity index (χ3v) is 4.54. The molecular formula is C16H26O12. The average molecular weight is 410 g/mol. The van der Waals surface area contributed by atoms with Gasteiger partial charge in [0.2, 0.25) is 0 Å². The van der Waals surface area contributed by atoms with Gasteiger partial charge in [-0.2, -0.15) is 0 Å². The molecule has 7 N–H and O–H groups in total. The number of hydrogen-bond donors (Lipinski definition) is 7. The zero-order chi connectivity index (χ0) is 21.2. The zero-order valence-electron chi connectivity index (χ0n) is 15.1. The highest BCUT2D eigenvalue weighted by atomic mass is 16.7. The predicted octanol–water partition coefficient (Wildman–Crippen LogP) is -4.27. The van der Waals surface area contributed by atoms with E-state index in [4.69, 9.17) is 18.9 Å². The van der Waals surface area contributed by atoms with E-state index in [0.717, 1.165) is 0 Å². The fourth-order valence-electron chi connectivity index (χ4n) is 2.92. The monoisotopic (exact) mass is 410 g/mol. The number of esters is 1. The smallest absolute Gasteiger partial charge is 0.333 e. The second-order valence-corrected chi connectivity index (χ2v) is 6.69. The zero-order valence-corrected chi connectivity index (χ0v) is 15.1. The molecule has 0 aromatic heterocycles. The average Bonchev–Trinajstić information content (AvgIpc) is 2.66. The third kappa shape index (κ3) is 4.68. The lowest BCUT2D eigenvalue weighted by atomic mass is 9.97. The minimum atomic E-state index is -1.78. The molecule has 0 aliphatic carbocycles. The first kappa shape index (κ1) is 23.1. The van der Waals surface area contributed by atoms with Crippen molar-refractivity contribution in [3.63, 3.8) is 0 Å². The standard InChI is InChI=1S/C16H26O12/c1-5(2)14(23)27-13-8(19)6(3-17)26-16(11(13)22)28-12-7(4-18)25-15(24)10(21)9(12)20/h6-13,15-22,24H,1,3-4H2,2H3/t6-,7-,8-,9-,10-,11-,12-,13+,15-,16-/m1/s1. The molecule has 12 nitrogen and oxygen atoms in total. The Labute approximate surface area is 160 Å². The minimum Gasteiger partial charge on any atom is -0.453 e. The molecule has 0 unspecified atom stereocenters. The van der Waals surface area contributed by atoms with E-state index in [0.29, 0.717) is 0 Å². The summed E-state index contributed by atoms with van der Waals surface area (Å²) in [5, 5.41) is 68.8. The lowest BCUT2D eigenvalue weighted by Crippen LogP contribution is -2.65. The van der Waals surface area contributed by atoms with Crippen LogP contribution in [0.1, 0.15) is 6.92 Å². The van der Waals surface area contributed by atoms with E-state index in [-0.39, 0.29) is 5.57 Å². The lowest BCUT2D eigenvalue weighted by Gasteiger charge is -2.45. The molecule has 0 spiro atoms. The Morgan fingerprint density at radius 1 is 0.893 bits per heavy atom. The first-order valence-electron chi connectivity index (χ1n) is 8.57. The van der Waals surface area contributed by atoms with Crippen LogP contribution in [-0.2, 0) is 23.7 Å². The van der Waals surface area contributed by atoms with Gasteiger partial charge in [0.25, 0.3) is 0 Å². The van der Waals surface area contributed by atoms with E-state index in [2.05, 4.69) is 6.58 Å². The fourth-order valence-corrected chi connectivity index (χ4v) is 2.92. The van der Waals surface area contributed by atoms with Gasteiger partial charge in [0.1, 0.15) is 42.7 Å². The molecule has 12 heteroatoms. The Balaban J connectivity index is 2.20. The largest absolute Gasteiger partial charge is 0.453 e. The summed E-state index contributed by atoms with van der Waals surface area (Å²) in [6, 6.07) is 0. The number of carbonyl (C=O) groups is 1. The summed E-state index contributed by atoms with van der Waals surface area (Å²) in [5.41, 5.74) is -0.00235. The van der Waals surface area contributed by atoms with Gasteiger partial charge in [-0.3, -0.25) is 0 Å². The van der Waals surface area contributed by atoms with E-state index in [1.54, 1.807) is 0 Å². The number of ether oxygens (including phenoxy) is 4. The molecule has 2 aliphatic rings. The molecule has 2 heterocycles. The van der Waals surface area contributed by atoms with Crippen molar-refractivity contribution < 1.29 is 59.5 Å². The SMILES string of the molecule is C=C(C)C(=O)O[C@@H]1[C@@H](O)[C@@H](O[C@H]2[C@H](O)[C@@H](O)[C@H](O)O[C@@H]2CO)O[C@H](CO)[C@H]1O. The van der Waals surface area contributed by atoms with Gasteiger partial charge in [-0.1, -0.05) is 6.58 Å². The normalized spacial score (nSPS) is 44.1. The van der Waals surface area contributed by atoms with Crippen molar-refractivity contribution in [1.29, 1.82) is 0 Å². The van der Waals surface area contributed by atoms with E-state index in [9.17, 15) is 40.5 Å². The van der Waals surface area contributed by atoms with Crippen LogP contribution in [0.2, 0.25) is 0 Å². The van der Waals surface area contributed by atoms with Crippen molar-refractivity contribution >= 4 is 5.97 Å². The highest BCUT2D eigenvalue weighted by molar-refractivity contribution is 5.87. The van der Waals surface area contributed by atoms with Gasteiger partial charge in [0, 0.05) is 5.57 Å². The summed E-state index contributed by atoms with van der Waals surface area (Å²) in [6.07, 6.45) is -15.9. The summed E-state index contributed by atoms with van der Waals surface area (Å²) in [4.78, 5) is 11.8. The van der Waals surface area contributed by atoms with Crippen molar-refractivity contribution in [3.8, 4) is 0 Å². The molecule has 0 bridgehead atoms. The molecule has 0 amide bonds. The number of aliphatic hydroxyl groups is 7. The molecule has 2 saturated heterocycles. The Hall–Kier alpha value is -1.19. The van der Waals surface area contributed by atoms with Gasteiger partial charge in [-0.25, -0.2) is 4.79 Å². The van der Waals surface area contributed by atoms with Crippen molar-refractivity contribution in [1.82, 2.24) is 0 Å². The number of carbonyl (C=O) groups excluding carboxylic acids is 1. The van der Waals surface area contributed by atoms with Gasteiger partial charge in [-0.15, -0.1) is 0 Å². The molecule has 0 aromatic rings. The summed E-state index contributed by atoms with van der Waals surface area (Å²) < 4.78 is 20.6. The van der Waals surface area contributed by atoms with Gasteiger partial charge < -0.3 is 54.7 Å². The predicted molar refractivity (Wildman–Crippen MR) is 87.3 cm³/mol. The number of hydrogen-bond acceptors (Lipinski definition) is 12. The Morgan fingerprint density at radius 3 is 2.04 bits per heavy atom. The van der Waals surface area contributed by atoms with Crippen LogP contribution in [0.15, 0.2) is 12.2 Å². The quantitative estimate of drug-likeness (QED) is 0.165. The second kappa shape index (κ2) is 9.54. The first-order valence-corrected chi connectivity index (χ1v) is 8.57. The molecule has 0 radical (unpaired) electrons. The third-order valence-electron chi connectivity index (χ3n) is 4.54. The summed E-state index contributed by atoms with van der Waals surface area (Å²) in [6.45, 7) is 3.31. The summed E-state index contributed by atoms with van der Waals surface area (Å²) >= 11 is 0. The molecule has 2 fully saturated rings. The molecule has 28 heavy (non-hydrogen) atoms. The second-order valence-electron chi connectivity index (χ2n) is 6.69. The molecular weight excluding hydrogens is 384 g/mol. The van der Waals surface area contributed by atoms with Gasteiger partial charge in [0.05, 0.1) is 13.2 Å². The number of aliphatic hydroxyl groups excluding tert-OH is 7. The fraction of sp³-hybridized carbons (Fsp3) is 0.812. The summed E-state index contributed by atoms with van der Waals surface area (Å²) in [7, 11) is 0. The lowest BCUT2D eigenvalue weighted by molar-refractivity contribution is -0.355. The highest BCUT2D eigenvalue weighted by Gasteiger charge is 2.51. The van der Waals surface area contributed by atoms with Crippen molar-refractivity contribution in [2.45, 2.75) is 68.3 Å². The van der Waals surface area contributed by atoms with Crippen LogP contribution in [0, 0.1) is 0 Å². The van der Waals surface area contributed by atoms with Crippen molar-refractivity contribution in [2.75, 3.05) is 13.2 Å². The molecule has 2 rings (SSSR count). The van der Waals surface area contributed by atoms with Crippen LogP contribution in [0.5, 0.6) is 0 Å². The maximum Gasteiger partial charge on any atom is 0.333 e. The topological polar surface area (TPSA) is 196 Å². The van der Waals surface area contributed by atoms with Gasteiger partial charge >= 0.3 is 5.97 Å². The van der Waals surface area contributed by atoms with Crippen molar-refractivity contribution in [3.05, 3.63) is 12.2 Å². The molecule has 10 atom stereocenters. The molecule has 0 saturated carbocycles. The first-order chi connectivity index (χ1) is 13.1. The Morgan fingerprint density at radius 2 is 1.50 bits per heavy atom. The van der Waals surface area contributed by atoms with Crippen LogP contribution >= 0.6 is 0 Å². The van der Waals surface area contributed by atoms with Crippen LogP contribution in [0.4, 0.5) is 0 Å². The van der Waals surface area contributed by atoms with Crippen LogP contribution in [0.3, 0.4) is 0 Å². The van der Waals surface area contributed by atoms with E-state index in [1.165, 1.54) is 6.92 Å². The van der Waals surface area contributed by atoms with E-state index in [1.807, 2.05) is 0 Å². The van der Waals surface area contributed by atoms with E-state index < -0.39 is 80.6 Å².